The predicted octanol–water partition coefficient (Wildman–Crippen LogP) is 2.16. The Morgan fingerprint density at radius 3 is 2.48 bits per heavy atom. The van der Waals surface area contributed by atoms with E-state index in [0.29, 0.717) is 0 Å². The maximum atomic E-state index is 11.4. The number of carbonyl (C=O) groups is 1. The normalized spacial score (nSPS) is 32.3. The van der Waals surface area contributed by atoms with Crippen molar-refractivity contribution in [2.45, 2.75) is 32.4 Å². The number of carbonyl (C=O) groups excluding carboxylic acids is 1. The Kier molecular flexibility index (Phi) is 4.54. The van der Waals surface area contributed by atoms with Gasteiger partial charge in [0.1, 0.15) is 0 Å². The molecule has 4 nitrogen and oxygen atoms in total. The molecule has 0 amide bonds. The predicted molar refractivity (Wildman–Crippen MR) is 94.1 cm³/mol. The van der Waals surface area contributed by atoms with Gasteiger partial charge in [-0.05, 0) is 55.8 Å². The minimum atomic E-state index is 0.188. The molecular formula is C18H27N3OS. The lowest BCUT2D eigenvalue weighted by Crippen LogP contribution is -2.60. The molecule has 4 saturated heterocycles. The highest BCUT2D eigenvalue weighted by molar-refractivity contribution is 7.12. The number of nitrogens with zero attached hydrogens (tertiary/aromatic N) is 3. The summed E-state index contributed by atoms with van der Waals surface area (Å²) in [6.07, 6.45) is 2.82. The third-order valence-corrected chi connectivity index (χ3v) is 6.98. The van der Waals surface area contributed by atoms with Crippen LogP contribution in [-0.2, 0) is 6.54 Å². The van der Waals surface area contributed by atoms with E-state index in [2.05, 4.69) is 26.1 Å². The molecule has 1 unspecified atom stereocenters. The Hall–Kier alpha value is -0.750. The summed E-state index contributed by atoms with van der Waals surface area (Å²) in [5, 5.41) is 2.15. The monoisotopic (exact) mass is 333 g/mol. The van der Waals surface area contributed by atoms with Gasteiger partial charge in [0.2, 0.25) is 0 Å². The summed E-state index contributed by atoms with van der Waals surface area (Å²) in [6.45, 7) is 11.4. The summed E-state index contributed by atoms with van der Waals surface area (Å²) in [5.41, 5.74) is 1.30. The van der Waals surface area contributed by atoms with E-state index < -0.39 is 0 Å². The SMILES string of the molecule is CC(=O)c1cc(CN2CCN(C3CN4CCC3CC4)CC2)cs1. The van der Waals surface area contributed by atoms with Crippen LogP contribution in [0.15, 0.2) is 11.4 Å². The molecule has 1 atom stereocenters. The Morgan fingerprint density at radius 2 is 1.91 bits per heavy atom. The van der Waals surface area contributed by atoms with Crippen LogP contribution in [0, 0.1) is 5.92 Å². The van der Waals surface area contributed by atoms with Gasteiger partial charge >= 0.3 is 0 Å². The van der Waals surface area contributed by atoms with E-state index in [4.69, 9.17) is 0 Å². The van der Waals surface area contributed by atoms with Crippen LogP contribution in [0.5, 0.6) is 0 Å². The lowest BCUT2D eigenvalue weighted by molar-refractivity contribution is -0.0162. The molecule has 0 radical (unpaired) electrons. The fraction of sp³-hybridized carbons (Fsp3) is 0.722. The van der Waals surface area contributed by atoms with E-state index in [0.717, 1.165) is 36.5 Å². The minimum absolute atomic E-state index is 0.188. The van der Waals surface area contributed by atoms with Gasteiger partial charge in [-0.1, -0.05) is 0 Å². The van der Waals surface area contributed by atoms with Crippen LogP contribution >= 0.6 is 11.3 Å². The van der Waals surface area contributed by atoms with Crippen molar-refractivity contribution in [3.8, 4) is 0 Å². The average molecular weight is 334 g/mol. The second-order valence-corrected chi connectivity index (χ2v) is 8.30. The summed E-state index contributed by atoms with van der Waals surface area (Å²) in [6, 6.07) is 2.89. The number of piperazine rings is 1. The molecule has 4 fully saturated rings. The van der Waals surface area contributed by atoms with Crippen LogP contribution in [0.1, 0.15) is 35.0 Å². The van der Waals surface area contributed by atoms with E-state index >= 15 is 0 Å². The van der Waals surface area contributed by atoms with E-state index in [1.807, 2.05) is 0 Å². The summed E-state index contributed by atoms with van der Waals surface area (Å²) >= 11 is 1.59. The number of rotatable bonds is 4. The van der Waals surface area contributed by atoms with Crippen LogP contribution in [0.4, 0.5) is 0 Å². The highest BCUT2D eigenvalue weighted by Crippen LogP contribution is 2.31. The molecule has 126 valence electrons. The van der Waals surface area contributed by atoms with Crippen LogP contribution in [0.25, 0.3) is 0 Å². The zero-order chi connectivity index (χ0) is 15.8. The lowest BCUT2D eigenvalue weighted by atomic mass is 9.83. The first kappa shape index (κ1) is 15.8. The van der Waals surface area contributed by atoms with Crippen LogP contribution in [-0.4, -0.2) is 72.3 Å². The Balaban J connectivity index is 1.29. The highest BCUT2D eigenvalue weighted by Gasteiger charge is 2.38. The summed E-state index contributed by atoms with van der Waals surface area (Å²) in [4.78, 5) is 20.3. The van der Waals surface area contributed by atoms with E-state index in [1.54, 1.807) is 18.3 Å². The van der Waals surface area contributed by atoms with Crippen LogP contribution < -0.4 is 0 Å². The molecule has 1 aromatic heterocycles. The lowest BCUT2D eigenvalue weighted by Gasteiger charge is -2.51. The first-order valence-corrected chi connectivity index (χ1v) is 9.84. The highest BCUT2D eigenvalue weighted by atomic mass is 32.1. The van der Waals surface area contributed by atoms with Crippen molar-refractivity contribution in [1.29, 1.82) is 0 Å². The van der Waals surface area contributed by atoms with Gasteiger partial charge in [0.05, 0.1) is 4.88 Å². The molecule has 5 rings (SSSR count). The third kappa shape index (κ3) is 3.38. The van der Waals surface area contributed by atoms with Crippen LogP contribution in [0.2, 0.25) is 0 Å². The Bertz CT molecular complexity index is 556. The van der Waals surface area contributed by atoms with Gasteiger partial charge in [-0.2, -0.15) is 0 Å². The van der Waals surface area contributed by atoms with Crippen molar-refractivity contribution in [3.05, 3.63) is 21.9 Å². The van der Waals surface area contributed by atoms with Gasteiger partial charge in [0, 0.05) is 45.3 Å². The summed E-state index contributed by atoms with van der Waals surface area (Å²) in [7, 11) is 0. The second kappa shape index (κ2) is 6.63. The van der Waals surface area contributed by atoms with Gasteiger partial charge in [0.25, 0.3) is 0 Å². The van der Waals surface area contributed by atoms with Gasteiger partial charge in [0.15, 0.2) is 5.78 Å². The molecule has 23 heavy (non-hydrogen) atoms. The topological polar surface area (TPSA) is 26.8 Å². The number of hydrogen-bond acceptors (Lipinski definition) is 5. The molecule has 0 saturated carbocycles. The van der Waals surface area contributed by atoms with Gasteiger partial charge < -0.3 is 4.90 Å². The zero-order valence-electron chi connectivity index (χ0n) is 14.0. The van der Waals surface area contributed by atoms with Crippen LogP contribution in [0.3, 0.4) is 0 Å². The average Bonchev–Trinajstić information content (AvgIpc) is 3.05. The molecule has 2 bridgehead atoms. The molecule has 0 spiro atoms. The second-order valence-electron chi connectivity index (χ2n) is 7.39. The van der Waals surface area contributed by atoms with E-state index in [9.17, 15) is 4.79 Å². The summed E-state index contributed by atoms with van der Waals surface area (Å²) < 4.78 is 0. The zero-order valence-corrected chi connectivity index (χ0v) is 14.9. The fourth-order valence-electron chi connectivity index (χ4n) is 4.50. The minimum Gasteiger partial charge on any atom is -0.302 e. The molecule has 5 heterocycles. The quantitative estimate of drug-likeness (QED) is 0.789. The first-order valence-electron chi connectivity index (χ1n) is 8.96. The van der Waals surface area contributed by atoms with Crippen molar-refractivity contribution in [1.82, 2.24) is 14.7 Å². The van der Waals surface area contributed by atoms with Crippen molar-refractivity contribution < 1.29 is 4.79 Å². The van der Waals surface area contributed by atoms with E-state index in [1.165, 1.54) is 51.1 Å². The van der Waals surface area contributed by atoms with Gasteiger partial charge in [-0.3, -0.25) is 14.6 Å². The largest absolute Gasteiger partial charge is 0.302 e. The third-order valence-electron chi connectivity index (χ3n) is 5.90. The van der Waals surface area contributed by atoms with Crippen molar-refractivity contribution in [2.24, 2.45) is 5.92 Å². The van der Waals surface area contributed by atoms with Crippen molar-refractivity contribution in [2.75, 3.05) is 45.8 Å². The summed E-state index contributed by atoms with van der Waals surface area (Å²) in [5.74, 6) is 1.13. The van der Waals surface area contributed by atoms with Crippen molar-refractivity contribution in [3.63, 3.8) is 0 Å². The Labute approximate surface area is 143 Å². The van der Waals surface area contributed by atoms with Gasteiger partial charge in [-0.25, -0.2) is 0 Å². The molecule has 0 aliphatic carbocycles. The number of fused-ring (bicyclic) bond motifs is 3. The maximum Gasteiger partial charge on any atom is 0.169 e. The smallest absolute Gasteiger partial charge is 0.169 e. The number of thiophene rings is 1. The molecular weight excluding hydrogens is 306 g/mol. The number of Topliss-reactive ketones (excluding diaryl/α,β-unsaturated/α-hetero) is 1. The van der Waals surface area contributed by atoms with Gasteiger partial charge in [-0.15, -0.1) is 11.3 Å². The Morgan fingerprint density at radius 1 is 1.17 bits per heavy atom. The molecule has 4 aliphatic heterocycles. The first-order chi connectivity index (χ1) is 11.2. The number of piperidine rings is 3. The maximum absolute atomic E-state index is 11.4. The molecule has 0 aromatic carbocycles. The molecule has 4 aliphatic rings. The fourth-order valence-corrected chi connectivity index (χ4v) is 5.31. The number of ketones is 1. The molecule has 1 aromatic rings. The molecule has 0 N–H and O–H groups in total. The standard InChI is InChI=1S/C18H27N3OS/c1-14(22)18-10-15(13-23-18)11-20-6-8-21(9-7-20)17-12-19-4-2-16(17)3-5-19/h10,13,16-17H,2-9,11-12H2,1H3. The number of hydrogen-bond donors (Lipinski definition) is 0. The van der Waals surface area contributed by atoms with Crippen molar-refractivity contribution >= 4 is 17.1 Å². The molecule has 5 heteroatoms. The van der Waals surface area contributed by atoms with E-state index in [-0.39, 0.29) is 5.78 Å².